The zero-order chi connectivity index (χ0) is 21.3. The molecule has 1 aromatic heterocycles. The highest BCUT2D eigenvalue weighted by Gasteiger charge is 2.30. The van der Waals surface area contributed by atoms with Crippen molar-refractivity contribution in [3.8, 4) is 0 Å². The van der Waals surface area contributed by atoms with Crippen LogP contribution in [0.4, 0.5) is 0 Å². The topological polar surface area (TPSA) is 42.4 Å². The Kier molecular flexibility index (Phi) is 6.40. The maximum Gasteiger partial charge on any atom is 0.337 e. The Hall–Kier alpha value is -1.98. The third-order valence-electron chi connectivity index (χ3n) is 6.76. The fraction of sp³-hybridized carbons (Fsp3) is 0.440. The molecule has 5 heteroatoms. The molecule has 1 aliphatic heterocycles. The SMILES string of the molecule is COC(=O)c1ccc(C2CCN(C(C)C3=Cc4c(Br)ccnc4CC3C)CC2)cc1. The molecule has 0 amide bonds. The van der Waals surface area contributed by atoms with E-state index in [2.05, 4.69) is 57.9 Å². The number of piperidine rings is 1. The van der Waals surface area contributed by atoms with Crippen LogP contribution < -0.4 is 0 Å². The Morgan fingerprint density at radius 2 is 1.90 bits per heavy atom. The number of aromatic nitrogens is 1. The van der Waals surface area contributed by atoms with Crippen molar-refractivity contribution in [2.75, 3.05) is 20.2 Å². The molecule has 0 spiro atoms. The number of carbonyl (C=O) groups is 1. The second-order valence-corrected chi connectivity index (χ2v) is 9.36. The number of ether oxygens (including phenoxy) is 1. The van der Waals surface area contributed by atoms with Gasteiger partial charge in [0.25, 0.3) is 0 Å². The van der Waals surface area contributed by atoms with E-state index in [9.17, 15) is 4.79 Å². The van der Waals surface area contributed by atoms with Crippen LogP contribution in [0.1, 0.15) is 59.8 Å². The summed E-state index contributed by atoms with van der Waals surface area (Å²) in [6, 6.07) is 10.4. The van der Waals surface area contributed by atoms with E-state index in [1.54, 1.807) is 0 Å². The van der Waals surface area contributed by atoms with Crippen LogP contribution in [0.15, 0.2) is 46.6 Å². The summed E-state index contributed by atoms with van der Waals surface area (Å²) in [6.45, 7) is 6.86. The van der Waals surface area contributed by atoms with Crippen molar-refractivity contribution in [1.82, 2.24) is 9.88 Å². The molecule has 2 aromatic rings. The van der Waals surface area contributed by atoms with E-state index in [0.29, 0.717) is 23.4 Å². The van der Waals surface area contributed by atoms with Gasteiger partial charge in [0, 0.05) is 28.0 Å². The molecule has 2 atom stereocenters. The monoisotopic (exact) mass is 468 g/mol. The Morgan fingerprint density at radius 3 is 2.57 bits per heavy atom. The van der Waals surface area contributed by atoms with Crippen molar-refractivity contribution in [2.45, 2.75) is 45.1 Å². The summed E-state index contributed by atoms with van der Waals surface area (Å²) in [7, 11) is 1.42. The number of carbonyl (C=O) groups excluding carboxylic acids is 1. The van der Waals surface area contributed by atoms with Gasteiger partial charge in [-0.2, -0.15) is 0 Å². The highest BCUT2D eigenvalue weighted by atomic mass is 79.9. The van der Waals surface area contributed by atoms with Gasteiger partial charge in [0.1, 0.15) is 0 Å². The fourth-order valence-corrected chi connectivity index (χ4v) is 5.36. The normalized spacial score (nSPS) is 20.9. The minimum Gasteiger partial charge on any atom is -0.465 e. The van der Waals surface area contributed by atoms with Crippen molar-refractivity contribution in [1.29, 1.82) is 0 Å². The first-order valence-corrected chi connectivity index (χ1v) is 11.5. The van der Waals surface area contributed by atoms with Crippen LogP contribution in [0, 0.1) is 5.92 Å². The van der Waals surface area contributed by atoms with Crippen LogP contribution in [0.25, 0.3) is 6.08 Å². The number of methoxy groups -OCH3 is 1. The fourth-order valence-electron chi connectivity index (χ4n) is 4.89. The van der Waals surface area contributed by atoms with Gasteiger partial charge in [-0.1, -0.05) is 41.1 Å². The van der Waals surface area contributed by atoms with Crippen LogP contribution in [-0.4, -0.2) is 42.1 Å². The minimum absolute atomic E-state index is 0.275. The van der Waals surface area contributed by atoms with Gasteiger partial charge >= 0.3 is 5.97 Å². The number of hydrogen-bond acceptors (Lipinski definition) is 4. The maximum absolute atomic E-state index is 11.7. The van der Waals surface area contributed by atoms with Crippen molar-refractivity contribution in [3.05, 3.63) is 69.0 Å². The first-order valence-electron chi connectivity index (χ1n) is 10.7. The van der Waals surface area contributed by atoms with E-state index >= 15 is 0 Å². The molecular weight excluding hydrogens is 440 g/mol. The molecule has 2 aliphatic rings. The summed E-state index contributed by atoms with van der Waals surface area (Å²) >= 11 is 3.70. The van der Waals surface area contributed by atoms with Gasteiger partial charge in [-0.3, -0.25) is 9.88 Å². The smallest absolute Gasteiger partial charge is 0.337 e. The summed E-state index contributed by atoms with van der Waals surface area (Å²) in [4.78, 5) is 18.9. The molecule has 1 aromatic carbocycles. The second-order valence-electron chi connectivity index (χ2n) is 8.50. The molecule has 158 valence electrons. The number of hydrogen-bond donors (Lipinski definition) is 0. The van der Waals surface area contributed by atoms with Crippen molar-refractivity contribution >= 4 is 28.0 Å². The molecule has 4 nitrogen and oxygen atoms in total. The van der Waals surface area contributed by atoms with E-state index in [4.69, 9.17) is 4.74 Å². The minimum atomic E-state index is -0.275. The average Bonchev–Trinajstić information content (AvgIpc) is 2.78. The Morgan fingerprint density at radius 1 is 1.20 bits per heavy atom. The standard InChI is InChI=1S/C25H29BrN2O2/c1-16-14-24-22(23(26)8-11-27-24)15-21(16)17(2)28-12-9-19(10-13-28)18-4-6-20(7-5-18)25(29)30-3/h4-8,11,15-17,19H,9-10,12-14H2,1-3H3. The van der Waals surface area contributed by atoms with Crippen LogP contribution >= 0.6 is 15.9 Å². The molecule has 0 bridgehead atoms. The van der Waals surface area contributed by atoms with E-state index in [0.717, 1.165) is 36.8 Å². The molecule has 0 radical (unpaired) electrons. The molecule has 0 saturated carbocycles. The Balaban J connectivity index is 1.43. The number of fused-ring (bicyclic) bond motifs is 1. The van der Waals surface area contributed by atoms with Crippen molar-refractivity contribution in [3.63, 3.8) is 0 Å². The number of likely N-dealkylation sites (tertiary alicyclic amines) is 1. The first-order chi connectivity index (χ1) is 14.5. The van der Waals surface area contributed by atoms with Gasteiger partial charge in [-0.15, -0.1) is 0 Å². The van der Waals surface area contributed by atoms with Crippen LogP contribution in [-0.2, 0) is 11.2 Å². The zero-order valence-electron chi connectivity index (χ0n) is 17.9. The van der Waals surface area contributed by atoms with E-state index in [-0.39, 0.29) is 5.97 Å². The lowest BCUT2D eigenvalue weighted by atomic mass is 9.82. The van der Waals surface area contributed by atoms with Gasteiger partial charge in [-0.25, -0.2) is 4.79 Å². The number of nitrogens with zero attached hydrogens (tertiary/aromatic N) is 2. The Labute approximate surface area is 187 Å². The van der Waals surface area contributed by atoms with Gasteiger partial charge in [0.05, 0.1) is 12.7 Å². The van der Waals surface area contributed by atoms with Crippen molar-refractivity contribution < 1.29 is 9.53 Å². The van der Waals surface area contributed by atoms with Gasteiger partial charge in [0.15, 0.2) is 0 Å². The lowest BCUT2D eigenvalue weighted by molar-refractivity contribution is 0.0600. The largest absolute Gasteiger partial charge is 0.465 e. The van der Waals surface area contributed by atoms with E-state index < -0.39 is 0 Å². The van der Waals surface area contributed by atoms with Gasteiger partial charge in [0.2, 0.25) is 0 Å². The number of benzene rings is 1. The number of esters is 1. The van der Waals surface area contributed by atoms with Gasteiger partial charge < -0.3 is 4.74 Å². The number of rotatable bonds is 4. The lowest BCUT2D eigenvalue weighted by Crippen LogP contribution is -2.42. The quantitative estimate of drug-likeness (QED) is 0.557. The molecule has 1 fully saturated rings. The molecule has 1 saturated heterocycles. The van der Waals surface area contributed by atoms with Gasteiger partial charge in [-0.05, 0) is 80.4 Å². The predicted molar refractivity (Wildman–Crippen MR) is 124 cm³/mol. The maximum atomic E-state index is 11.7. The summed E-state index contributed by atoms with van der Waals surface area (Å²) in [5.74, 6) is 0.790. The zero-order valence-corrected chi connectivity index (χ0v) is 19.5. The molecule has 2 unspecified atom stereocenters. The summed E-state index contributed by atoms with van der Waals surface area (Å²) in [5.41, 5.74) is 5.90. The third kappa shape index (κ3) is 4.23. The molecule has 30 heavy (non-hydrogen) atoms. The third-order valence-corrected chi connectivity index (χ3v) is 7.45. The molecular formula is C25H29BrN2O2. The molecule has 1 aliphatic carbocycles. The Bertz CT molecular complexity index is 946. The van der Waals surface area contributed by atoms with E-state index in [1.807, 2.05) is 24.4 Å². The molecule has 4 rings (SSSR count). The highest BCUT2D eigenvalue weighted by Crippen LogP contribution is 2.36. The average molecular weight is 469 g/mol. The number of halogens is 1. The predicted octanol–water partition coefficient (Wildman–Crippen LogP) is 5.47. The summed E-state index contributed by atoms with van der Waals surface area (Å²) in [5, 5.41) is 0. The molecule has 2 heterocycles. The number of pyridine rings is 1. The van der Waals surface area contributed by atoms with Crippen LogP contribution in [0.3, 0.4) is 0 Å². The summed E-state index contributed by atoms with van der Waals surface area (Å²) in [6.07, 6.45) is 7.55. The van der Waals surface area contributed by atoms with Crippen molar-refractivity contribution in [2.24, 2.45) is 5.92 Å². The highest BCUT2D eigenvalue weighted by molar-refractivity contribution is 9.10. The van der Waals surface area contributed by atoms with Crippen LogP contribution in [0.2, 0.25) is 0 Å². The van der Waals surface area contributed by atoms with E-state index in [1.165, 1.54) is 29.5 Å². The van der Waals surface area contributed by atoms with Crippen LogP contribution in [0.5, 0.6) is 0 Å². The first kappa shape index (κ1) is 21.3. The molecule has 0 N–H and O–H groups in total. The second kappa shape index (κ2) is 9.03. The summed E-state index contributed by atoms with van der Waals surface area (Å²) < 4.78 is 5.94. The lowest BCUT2D eigenvalue weighted by Gasteiger charge is -2.39.